The molecule has 88 valence electrons. The highest BCUT2D eigenvalue weighted by atomic mass is 35.5. The van der Waals surface area contributed by atoms with E-state index in [4.69, 9.17) is 34.8 Å². The molecule has 3 nitrogen and oxygen atoms in total. The Balaban J connectivity index is 2.65. The second kappa shape index (κ2) is 5.19. The fraction of sp³-hybridized carbons (Fsp3) is 0.0909. The van der Waals surface area contributed by atoms with E-state index in [1.165, 1.54) is 6.33 Å². The molecular formula is C11H7Cl3N2O. The zero-order valence-electron chi connectivity index (χ0n) is 8.49. The normalized spacial score (nSPS) is 10.6. The molecule has 0 aliphatic rings. The average Bonchev–Trinajstić information content (AvgIpc) is 2.36. The molecular weight excluding hydrogens is 282 g/mol. The molecule has 0 fully saturated rings. The molecule has 0 saturated carbocycles. The number of halogens is 3. The van der Waals surface area contributed by atoms with Crippen LogP contribution in [0.15, 0.2) is 24.7 Å². The predicted molar refractivity (Wildman–Crippen MR) is 68.4 cm³/mol. The number of aliphatic hydroxyl groups is 1. The molecule has 0 bridgehead atoms. The first kappa shape index (κ1) is 12.6. The van der Waals surface area contributed by atoms with Gasteiger partial charge in [-0.3, -0.25) is 0 Å². The maximum atomic E-state index is 9.20. The third-order valence-electron chi connectivity index (χ3n) is 2.27. The van der Waals surface area contributed by atoms with Crippen LogP contribution < -0.4 is 0 Å². The Bertz CT molecular complexity index is 560. The summed E-state index contributed by atoms with van der Waals surface area (Å²) in [5.74, 6) is 0. The molecule has 2 rings (SSSR count). The van der Waals surface area contributed by atoms with E-state index in [0.29, 0.717) is 26.9 Å². The Morgan fingerprint density at radius 3 is 2.53 bits per heavy atom. The minimum absolute atomic E-state index is 0.200. The molecule has 0 spiro atoms. The molecule has 1 aromatic heterocycles. The highest BCUT2D eigenvalue weighted by Crippen LogP contribution is 2.38. The third-order valence-corrected chi connectivity index (χ3v) is 3.56. The van der Waals surface area contributed by atoms with Gasteiger partial charge >= 0.3 is 0 Å². The van der Waals surface area contributed by atoms with Gasteiger partial charge in [0, 0.05) is 17.3 Å². The zero-order valence-corrected chi connectivity index (χ0v) is 10.8. The van der Waals surface area contributed by atoms with Gasteiger partial charge in [-0.25, -0.2) is 9.97 Å². The Morgan fingerprint density at radius 1 is 1.06 bits per heavy atom. The van der Waals surface area contributed by atoms with E-state index in [9.17, 15) is 5.11 Å². The Kier molecular flexibility index (Phi) is 3.84. The number of rotatable bonds is 2. The van der Waals surface area contributed by atoms with Gasteiger partial charge in [0.2, 0.25) is 0 Å². The second-order valence-corrected chi connectivity index (χ2v) is 4.43. The van der Waals surface area contributed by atoms with Gasteiger partial charge in [-0.1, -0.05) is 40.9 Å². The molecule has 0 atom stereocenters. The molecule has 0 aliphatic heterocycles. The molecule has 0 aliphatic carbocycles. The fourth-order valence-corrected chi connectivity index (χ4v) is 2.08. The number of nitrogens with zero attached hydrogens (tertiary/aromatic N) is 2. The van der Waals surface area contributed by atoms with E-state index < -0.39 is 0 Å². The Morgan fingerprint density at radius 2 is 1.82 bits per heavy atom. The van der Waals surface area contributed by atoms with Crippen molar-refractivity contribution in [3.8, 4) is 11.1 Å². The molecule has 1 heterocycles. The maximum Gasteiger partial charge on any atom is 0.115 e. The van der Waals surface area contributed by atoms with Crippen LogP contribution >= 0.6 is 34.8 Å². The SMILES string of the molecule is OCc1ncncc1-c1ccc(Cl)c(Cl)c1Cl. The Hall–Kier alpha value is -0.870. The van der Waals surface area contributed by atoms with Crippen LogP contribution in [0.2, 0.25) is 15.1 Å². The summed E-state index contributed by atoms with van der Waals surface area (Å²) in [6.07, 6.45) is 2.94. The standard InChI is InChI=1S/C11H7Cl3N2O/c12-8-2-1-6(10(13)11(8)14)7-3-15-5-16-9(7)4-17/h1-3,5,17H,4H2. The van der Waals surface area contributed by atoms with Crippen LogP contribution in [-0.4, -0.2) is 15.1 Å². The van der Waals surface area contributed by atoms with Crippen molar-refractivity contribution in [1.29, 1.82) is 0 Å². The largest absolute Gasteiger partial charge is 0.390 e. The van der Waals surface area contributed by atoms with Crippen molar-refractivity contribution < 1.29 is 5.11 Å². The molecule has 6 heteroatoms. The van der Waals surface area contributed by atoms with Gasteiger partial charge in [-0.15, -0.1) is 0 Å². The molecule has 0 saturated heterocycles. The number of aromatic nitrogens is 2. The number of aliphatic hydroxyl groups excluding tert-OH is 1. The summed E-state index contributed by atoms with van der Waals surface area (Å²) in [4.78, 5) is 7.88. The van der Waals surface area contributed by atoms with Crippen LogP contribution in [0.4, 0.5) is 0 Å². The minimum Gasteiger partial charge on any atom is -0.390 e. The first-order valence-corrected chi connectivity index (χ1v) is 5.82. The summed E-state index contributed by atoms with van der Waals surface area (Å²) in [6.45, 7) is -0.200. The van der Waals surface area contributed by atoms with Gasteiger partial charge in [0.05, 0.1) is 27.4 Å². The van der Waals surface area contributed by atoms with Crippen LogP contribution in [0.3, 0.4) is 0 Å². The van der Waals surface area contributed by atoms with E-state index in [1.807, 2.05) is 0 Å². The van der Waals surface area contributed by atoms with Gasteiger partial charge in [-0.05, 0) is 6.07 Å². The molecule has 2 aromatic rings. The van der Waals surface area contributed by atoms with Crippen LogP contribution in [0, 0.1) is 0 Å². The maximum absolute atomic E-state index is 9.20. The number of hydrogen-bond donors (Lipinski definition) is 1. The molecule has 17 heavy (non-hydrogen) atoms. The highest BCUT2D eigenvalue weighted by molar-refractivity contribution is 6.49. The lowest BCUT2D eigenvalue weighted by Crippen LogP contribution is -1.95. The van der Waals surface area contributed by atoms with Gasteiger partial charge in [-0.2, -0.15) is 0 Å². The van der Waals surface area contributed by atoms with Gasteiger partial charge < -0.3 is 5.11 Å². The van der Waals surface area contributed by atoms with Crippen molar-refractivity contribution in [2.24, 2.45) is 0 Å². The summed E-state index contributed by atoms with van der Waals surface area (Å²) in [7, 11) is 0. The van der Waals surface area contributed by atoms with Crippen molar-refractivity contribution in [3.05, 3.63) is 45.4 Å². The quantitative estimate of drug-likeness (QED) is 0.859. The van der Waals surface area contributed by atoms with Crippen molar-refractivity contribution >= 4 is 34.8 Å². The second-order valence-electron chi connectivity index (χ2n) is 3.26. The van der Waals surface area contributed by atoms with Crippen LogP contribution in [0.5, 0.6) is 0 Å². The highest BCUT2D eigenvalue weighted by Gasteiger charge is 2.13. The first-order chi connectivity index (χ1) is 8.15. The molecule has 0 amide bonds. The molecule has 0 radical (unpaired) electrons. The van der Waals surface area contributed by atoms with E-state index in [0.717, 1.165) is 0 Å². The predicted octanol–water partition coefficient (Wildman–Crippen LogP) is 3.60. The lowest BCUT2D eigenvalue weighted by Gasteiger charge is -2.09. The van der Waals surface area contributed by atoms with Crippen LogP contribution in [0.25, 0.3) is 11.1 Å². The summed E-state index contributed by atoms with van der Waals surface area (Å²) in [6, 6.07) is 3.35. The van der Waals surface area contributed by atoms with Crippen molar-refractivity contribution in [2.45, 2.75) is 6.61 Å². The summed E-state index contributed by atoms with van der Waals surface area (Å²) in [5.41, 5.74) is 1.77. The Labute approximate surface area is 113 Å². The van der Waals surface area contributed by atoms with Crippen molar-refractivity contribution in [1.82, 2.24) is 9.97 Å². The van der Waals surface area contributed by atoms with E-state index in [2.05, 4.69) is 9.97 Å². The lowest BCUT2D eigenvalue weighted by molar-refractivity contribution is 0.277. The number of benzene rings is 1. The monoisotopic (exact) mass is 288 g/mol. The van der Waals surface area contributed by atoms with E-state index in [1.54, 1.807) is 18.3 Å². The lowest BCUT2D eigenvalue weighted by atomic mass is 10.1. The van der Waals surface area contributed by atoms with E-state index in [-0.39, 0.29) is 11.6 Å². The number of hydrogen-bond acceptors (Lipinski definition) is 3. The van der Waals surface area contributed by atoms with Gasteiger partial charge in [0.25, 0.3) is 0 Å². The van der Waals surface area contributed by atoms with Crippen LogP contribution in [-0.2, 0) is 6.61 Å². The summed E-state index contributed by atoms with van der Waals surface area (Å²) < 4.78 is 0. The topological polar surface area (TPSA) is 46.0 Å². The smallest absolute Gasteiger partial charge is 0.115 e. The zero-order chi connectivity index (χ0) is 12.4. The van der Waals surface area contributed by atoms with Gasteiger partial charge in [0.15, 0.2) is 0 Å². The summed E-state index contributed by atoms with van der Waals surface area (Å²) >= 11 is 17.9. The first-order valence-electron chi connectivity index (χ1n) is 4.68. The van der Waals surface area contributed by atoms with Crippen molar-refractivity contribution in [2.75, 3.05) is 0 Å². The molecule has 0 unspecified atom stereocenters. The fourth-order valence-electron chi connectivity index (χ4n) is 1.44. The summed E-state index contributed by atoms with van der Waals surface area (Å²) in [5, 5.41) is 10.2. The average molecular weight is 290 g/mol. The van der Waals surface area contributed by atoms with Crippen molar-refractivity contribution in [3.63, 3.8) is 0 Å². The third kappa shape index (κ3) is 2.38. The van der Waals surface area contributed by atoms with E-state index >= 15 is 0 Å². The molecule has 1 N–H and O–H groups in total. The van der Waals surface area contributed by atoms with Gasteiger partial charge in [0.1, 0.15) is 6.33 Å². The van der Waals surface area contributed by atoms with Crippen LogP contribution in [0.1, 0.15) is 5.69 Å². The minimum atomic E-state index is -0.200. The molecule has 1 aromatic carbocycles.